The minimum Gasteiger partial charge on any atom is -0.457 e. The van der Waals surface area contributed by atoms with Gasteiger partial charge in [0, 0.05) is 11.3 Å². The van der Waals surface area contributed by atoms with Crippen molar-refractivity contribution in [2.45, 2.75) is 20.4 Å². The molecule has 156 valence electrons. The van der Waals surface area contributed by atoms with E-state index in [4.69, 9.17) is 17.0 Å². The fourth-order valence-electron chi connectivity index (χ4n) is 3.15. The molecule has 0 aliphatic heterocycles. The minimum absolute atomic E-state index is 0.0556. The largest absolute Gasteiger partial charge is 0.457 e. The maximum absolute atomic E-state index is 12.6. The quantitative estimate of drug-likeness (QED) is 0.388. The molecule has 0 saturated heterocycles. The van der Waals surface area contributed by atoms with Gasteiger partial charge in [-0.3, -0.25) is 14.5 Å². The molecule has 1 aromatic heterocycles. The average molecular weight is 431 g/mol. The van der Waals surface area contributed by atoms with Gasteiger partial charge in [0.15, 0.2) is 10.6 Å². The van der Waals surface area contributed by atoms with Gasteiger partial charge >= 0.3 is 0 Å². The molecule has 0 unspecified atom stereocenters. The van der Waals surface area contributed by atoms with Gasteiger partial charge in [-0.2, -0.15) is 5.10 Å². The van der Waals surface area contributed by atoms with Crippen molar-refractivity contribution >= 4 is 23.8 Å². The lowest BCUT2D eigenvalue weighted by molar-refractivity contribution is -0.116. The Balaban J connectivity index is 1.43. The third-order valence-corrected chi connectivity index (χ3v) is 5.04. The molecule has 0 spiro atoms. The predicted octanol–water partition coefficient (Wildman–Crippen LogP) is 5.66. The van der Waals surface area contributed by atoms with Gasteiger partial charge in [-0.25, -0.2) is 0 Å². The first-order chi connectivity index (χ1) is 15.0. The molecule has 0 saturated carbocycles. The van der Waals surface area contributed by atoms with E-state index in [1.54, 1.807) is 16.7 Å². The third-order valence-electron chi connectivity index (χ3n) is 4.73. The first kappa shape index (κ1) is 20.6. The lowest BCUT2D eigenvalue weighted by Crippen LogP contribution is -2.19. The zero-order valence-corrected chi connectivity index (χ0v) is 18.1. The lowest BCUT2D eigenvalue weighted by Gasteiger charge is -2.10. The molecule has 0 bridgehead atoms. The van der Waals surface area contributed by atoms with E-state index in [2.05, 4.69) is 15.5 Å². The number of aryl methyl sites for hydroxylation is 2. The van der Waals surface area contributed by atoms with E-state index < -0.39 is 0 Å². The van der Waals surface area contributed by atoms with Crippen LogP contribution in [0.5, 0.6) is 11.5 Å². The summed E-state index contributed by atoms with van der Waals surface area (Å²) >= 11 is 5.32. The Labute approximate surface area is 185 Å². The summed E-state index contributed by atoms with van der Waals surface area (Å²) in [6.45, 7) is 4.09. The topological polar surface area (TPSA) is 71.9 Å². The molecule has 4 aromatic rings. The van der Waals surface area contributed by atoms with Crippen LogP contribution in [0.2, 0.25) is 0 Å². The fourth-order valence-corrected chi connectivity index (χ4v) is 3.35. The van der Waals surface area contributed by atoms with Crippen LogP contribution in [-0.2, 0) is 11.3 Å². The minimum atomic E-state index is -0.196. The number of hydrogen-bond acceptors (Lipinski definition) is 4. The lowest BCUT2D eigenvalue weighted by atomic mass is 10.1. The van der Waals surface area contributed by atoms with E-state index in [1.807, 2.05) is 74.5 Å². The zero-order valence-electron chi connectivity index (χ0n) is 17.3. The van der Waals surface area contributed by atoms with Gasteiger partial charge in [0.25, 0.3) is 0 Å². The second-order valence-corrected chi connectivity index (χ2v) is 7.68. The summed E-state index contributed by atoms with van der Waals surface area (Å²) in [6, 6.07) is 23.0. The number of benzene rings is 3. The molecule has 3 aromatic carbocycles. The second-order valence-electron chi connectivity index (χ2n) is 7.30. The summed E-state index contributed by atoms with van der Waals surface area (Å²) < 4.78 is 7.93. The molecule has 0 aliphatic rings. The number of amides is 1. The van der Waals surface area contributed by atoms with Crippen LogP contribution in [-0.4, -0.2) is 20.7 Å². The third kappa shape index (κ3) is 5.07. The van der Waals surface area contributed by atoms with Gasteiger partial charge in [-0.1, -0.05) is 42.0 Å². The van der Waals surface area contributed by atoms with Crippen LogP contribution in [0.4, 0.5) is 5.69 Å². The van der Waals surface area contributed by atoms with Crippen molar-refractivity contribution in [1.29, 1.82) is 0 Å². The summed E-state index contributed by atoms with van der Waals surface area (Å²) in [7, 11) is 0. The summed E-state index contributed by atoms with van der Waals surface area (Å²) in [5.41, 5.74) is 3.85. The average Bonchev–Trinajstić information content (AvgIpc) is 3.10. The molecule has 0 fully saturated rings. The summed E-state index contributed by atoms with van der Waals surface area (Å²) in [4.78, 5) is 12.6. The zero-order chi connectivity index (χ0) is 21.8. The molecule has 1 amide bonds. The van der Waals surface area contributed by atoms with Crippen molar-refractivity contribution < 1.29 is 9.53 Å². The predicted molar refractivity (Wildman–Crippen MR) is 124 cm³/mol. The van der Waals surface area contributed by atoms with Crippen LogP contribution >= 0.6 is 12.2 Å². The highest BCUT2D eigenvalue weighted by Crippen LogP contribution is 2.24. The number of aromatic amines is 1. The Bertz CT molecular complexity index is 1260. The Morgan fingerprint density at radius 3 is 2.45 bits per heavy atom. The van der Waals surface area contributed by atoms with E-state index >= 15 is 0 Å². The number of nitrogens with one attached hydrogen (secondary N) is 2. The van der Waals surface area contributed by atoms with Crippen LogP contribution in [0.1, 0.15) is 11.1 Å². The van der Waals surface area contributed by atoms with Crippen LogP contribution in [0.15, 0.2) is 72.8 Å². The molecule has 2 N–H and O–H groups in total. The monoisotopic (exact) mass is 430 g/mol. The molecular weight excluding hydrogens is 408 g/mol. The van der Waals surface area contributed by atoms with Crippen LogP contribution in [0.25, 0.3) is 11.4 Å². The van der Waals surface area contributed by atoms with Gasteiger partial charge < -0.3 is 10.1 Å². The number of H-pyrrole nitrogens is 1. The van der Waals surface area contributed by atoms with Gasteiger partial charge in [-0.05, 0) is 68.0 Å². The number of anilines is 1. The Hall–Kier alpha value is -3.71. The summed E-state index contributed by atoms with van der Waals surface area (Å²) in [5, 5.41) is 9.95. The smallest absolute Gasteiger partial charge is 0.244 e. The molecule has 0 aliphatic carbocycles. The van der Waals surface area contributed by atoms with Crippen molar-refractivity contribution in [3.05, 3.63) is 88.7 Å². The van der Waals surface area contributed by atoms with Crippen LogP contribution in [0, 0.1) is 18.6 Å². The molecule has 6 nitrogen and oxygen atoms in total. The SMILES string of the molecule is Cc1ccc(-c2n[nH]c(=S)n2CC(=O)Nc2ccc(Oc3cccc(C)c3)cc2)cc1. The van der Waals surface area contributed by atoms with Crippen molar-refractivity contribution in [1.82, 2.24) is 14.8 Å². The number of hydrogen-bond donors (Lipinski definition) is 2. The summed E-state index contributed by atoms with van der Waals surface area (Å²) in [5.74, 6) is 1.90. The molecule has 0 radical (unpaired) electrons. The van der Waals surface area contributed by atoms with Crippen molar-refractivity contribution in [3.8, 4) is 22.9 Å². The highest BCUT2D eigenvalue weighted by molar-refractivity contribution is 7.71. The Kier molecular flexibility index (Phi) is 5.95. The number of rotatable bonds is 6. The Morgan fingerprint density at radius 1 is 1.00 bits per heavy atom. The fraction of sp³-hybridized carbons (Fsp3) is 0.125. The van der Waals surface area contributed by atoms with Crippen molar-refractivity contribution in [2.24, 2.45) is 0 Å². The standard InChI is InChI=1S/C24H22N4O2S/c1-16-6-8-18(9-7-16)23-26-27-24(31)28(23)15-22(29)25-19-10-12-20(13-11-19)30-21-5-3-4-17(2)14-21/h3-14H,15H2,1-2H3,(H,25,29)(H,27,31). The van der Waals surface area contributed by atoms with Crippen molar-refractivity contribution in [2.75, 3.05) is 5.32 Å². The molecule has 4 rings (SSSR count). The van der Waals surface area contributed by atoms with Crippen LogP contribution in [0.3, 0.4) is 0 Å². The van der Waals surface area contributed by atoms with E-state index in [0.29, 0.717) is 22.0 Å². The van der Waals surface area contributed by atoms with Crippen LogP contribution < -0.4 is 10.1 Å². The molecule has 0 atom stereocenters. The molecule has 31 heavy (non-hydrogen) atoms. The highest BCUT2D eigenvalue weighted by Gasteiger charge is 2.12. The Morgan fingerprint density at radius 2 is 1.74 bits per heavy atom. The van der Waals surface area contributed by atoms with E-state index in [9.17, 15) is 4.79 Å². The van der Waals surface area contributed by atoms with E-state index in [-0.39, 0.29) is 12.5 Å². The first-order valence-electron chi connectivity index (χ1n) is 9.84. The van der Waals surface area contributed by atoms with Gasteiger partial charge in [0.2, 0.25) is 5.91 Å². The van der Waals surface area contributed by atoms with Gasteiger partial charge in [-0.15, -0.1) is 0 Å². The summed E-state index contributed by atoms with van der Waals surface area (Å²) in [6.07, 6.45) is 0. The molecule has 7 heteroatoms. The number of nitrogens with zero attached hydrogens (tertiary/aromatic N) is 2. The van der Waals surface area contributed by atoms with E-state index in [1.165, 1.54) is 0 Å². The highest BCUT2D eigenvalue weighted by atomic mass is 32.1. The number of aromatic nitrogens is 3. The number of carbonyl (C=O) groups excluding carboxylic acids is 1. The van der Waals surface area contributed by atoms with Gasteiger partial charge in [0.05, 0.1) is 0 Å². The van der Waals surface area contributed by atoms with Gasteiger partial charge in [0.1, 0.15) is 18.0 Å². The number of carbonyl (C=O) groups is 1. The molecule has 1 heterocycles. The first-order valence-corrected chi connectivity index (χ1v) is 10.3. The normalized spacial score (nSPS) is 10.6. The number of ether oxygens (including phenoxy) is 1. The van der Waals surface area contributed by atoms with Crippen molar-refractivity contribution in [3.63, 3.8) is 0 Å². The molecular formula is C24H22N4O2S. The maximum Gasteiger partial charge on any atom is 0.244 e. The maximum atomic E-state index is 12.6. The second kappa shape index (κ2) is 8.97. The van der Waals surface area contributed by atoms with E-state index in [0.717, 1.165) is 22.4 Å².